The molecule has 1 aliphatic carbocycles. The minimum atomic E-state index is -3.10. The van der Waals surface area contributed by atoms with Crippen molar-refractivity contribution in [3.05, 3.63) is 39.8 Å². The first-order valence-electron chi connectivity index (χ1n) is 12.3. The average Bonchev–Trinajstić information content (AvgIpc) is 3.71. The molecule has 12 heteroatoms. The molecule has 0 bridgehead atoms. The van der Waals surface area contributed by atoms with Crippen molar-refractivity contribution in [1.29, 1.82) is 0 Å². The lowest BCUT2D eigenvalue weighted by Crippen LogP contribution is -2.44. The van der Waals surface area contributed by atoms with Gasteiger partial charge >= 0.3 is 5.92 Å². The van der Waals surface area contributed by atoms with Crippen molar-refractivity contribution in [2.75, 3.05) is 41.8 Å². The predicted octanol–water partition coefficient (Wildman–Crippen LogP) is 4.17. The third kappa shape index (κ3) is 4.44. The van der Waals surface area contributed by atoms with Crippen LogP contribution in [-0.2, 0) is 11.8 Å². The van der Waals surface area contributed by atoms with E-state index in [1.54, 1.807) is 31.4 Å². The first-order chi connectivity index (χ1) is 17.7. The quantitative estimate of drug-likeness (QED) is 0.517. The van der Waals surface area contributed by atoms with Crippen LogP contribution in [0.2, 0.25) is 5.02 Å². The van der Waals surface area contributed by atoms with E-state index in [1.807, 2.05) is 11.8 Å². The number of pyridine rings is 1. The summed E-state index contributed by atoms with van der Waals surface area (Å²) in [6.07, 6.45) is 3.04. The van der Waals surface area contributed by atoms with E-state index in [9.17, 15) is 13.6 Å². The third-order valence-corrected chi connectivity index (χ3v) is 7.41. The number of ether oxygens (including phenoxy) is 2. The number of anilines is 4. The van der Waals surface area contributed by atoms with E-state index in [1.165, 1.54) is 4.57 Å². The van der Waals surface area contributed by atoms with E-state index in [-0.39, 0.29) is 23.5 Å². The monoisotopic (exact) mass is 532 g/mol. The maximum absolute atomic E-state index is 14.9. The zero-order valence-electron chi connectivity index (χ0n) is 20.4. The third-order valence-electron chi connectivity index (χ3n) is 7.13. The van der Waals surface area contributed by atoms with Crippen LogP contribution in [0.15, 0.2) is 29.2 Å². The van der Waals surface area contributed by atoms with Crippen LogP contribution in [0.25, 0.3) is 10.9 Å². The topological polar surface area (TPSA) is 93.5 Å². The number of alkyl halides is 2. The molecule has 4 heterocycles. The summed E-state index contributed by atoms with van der Waals surface area (Å²) in [7, 11) is 1.60. The lowest BCUT2D eigenvalue weighted by molar-refractivity contribution is -0.0579. The highest BCUT2D eigenvalue weighted by Gasteiger charge is 2.51. The number of halogens is 3. The molecule has 0 radical (unpaired) electrons. The van der Waals surface area contributed by atoms with E-state index in [0.29, 0.717) is 65.9 Å². The van der Waals surface area contributed by atoms with Crippen LogP contribution in [0.3, 0.4) is 0 Å². The second-order valence-corrected chi connectivity index (χ2v) is 10.3. The Bertz CT molecular complexity index is 1430. The van der Waals surface area contributed by atoms with Gasteiger partial charge in [-0.05, 0) is 43.9 Å². The van der Waals surface area contributed by atoms with Gasteiger partial charge in [-0.15, -0.1) is 0 Å². The fraction of sp³-hybridized carbons (Fsp3) is 0.480. The van der Waals surface area contributed by atoms with E-state index < -0.39 is 24.1 Å². The molecule has 1 saturated carbocycles. The van der Waals surface area contributed by atoms with Crippen LogP contribution in [0, 0.1) is 5.92 Å². The van der Waals surface area contributed by atoms with Crippen molar-refractivity contribution in [3.63, 3.8) is 0 Å². The molecule has 0 spiro atoms. The molecule has 196 valence electrons. The van der Waals surface area contributed by atoms with Gasteiger partial charge in [0, 0.05) is 31.2 Å². The molecule has 0 amide bonds. The van der Waals surface area contributed by atoms with Gasteiger partial charge in [-0.3, -0.25) is 4.79 Å². The molecule has 0 unspecified atom stereocenters. The first-order valence-corrected chi connectivity index (χ1v) is 12.7. The van der Waals surface area contributed by atoms with Crippen molar-refractivity contribution in [1.82, 2.24) is 14.5 Å². The molecule has 6 rings (SSSR count). The number of rotatable bonds is 4. The summed E-state index contributed by atoms with van der Waals surface area (Å²) < 4.78 is 42.2. The van der Waals surface area contributed by atoms with Gasteiger partial charge in [0.2, 0.25) is 11.7 Å². The highest BCUT2D eigenvalue weighted by Crippen LogP contribution is 2.45. The van der Waals surface area contributed by atoms with Gasteiger partial charge < -0.3 is 29.6 Å². The van der Waals surface area contributed by atoms with Gasteiger partial charge in [0.15, 0.2) is 12.4 Å². The smallest absolute Gasteiger partial charge is 0.301 e. The van der Waals surface area contributed by atoms with Crippen molar-refractivity contribution in [3.8, 4) is 5.75 Å². The Hall–Kier alpha value is -3.18. The van der Waals surface area contributed by atoms with E-state index in [0.717, 1.165) is 0 Å². The molecule has 2 aromatic heterocycles. The highest BCUT2D eigenvalue weighted by atomic mass is 35.5. The molecular weight excluding hydrogens is 506 g/mol. The number of aromatic nitrogens is 3. The van der Waals surface area contributed by atoms with Crippen molar-refractivity contribution >= 4 is 45.6 Å². The lowest BCUT2D eigenvalue weighted by Gasteiger charge is -2.31. The Morgan fingerprint density at radius 3 is 2.86 bits per heavy atom. The molecule has 3 aromatic rings. The zero-order chi connectivity index (χ0) is 25.9. The number of hydrogen-bond acceptors (Lipinski definition) is 8. The Kier molecular flexibility index (Phi) is 5.87. The number of hydrogen-bond donors (Lipinski definition) is 2. The molecule has 2 fully saturated rings. The van der Waals surface area contributed by atoms with Crippen molar-refractivity contribution in [2.45, 2.75) is 37.8 Å². The standard InChI is InChI=1S/C25H27ClF2N6O3/c1-13-11-34(7-8-36-13)24-29-10-17(26)22(32-24)30-15-5-6-18-16(9-15)19-20(23(35)33(18)2)37-12-25(27,28)21(31-19)14-3-4-14/h5-6,9-10,13-14,21,31H,3-4,7-8,11-12H2,1-2H3,(H,29,30,32)/t13-,21-/m0/s1. The van der Waals surface area contributed by atoms with E-state index >= 15 is 0 Å². The van der Waals surface area contributed by atoms with Gasteiger partial charge in [-0.2, -0.15) is 4.98 Å². The van der Waals surface area contributed by atoms with Gasteiger partial charge in [0.25, 0.3) is 5.56 Å². The summed E-state index contributed by atoms with van der Waals surface area (Å²) in [5.41, 5.74) is 1.02. The van der Waals surface area contributed by atoms with Gasteiger partial charge in [0.05, 0.1) is 36.2 Å². The number of morpholine rings is 1. The average molecular weight is 533 g/mol. The number of benzene rings is 1. The molecule has 37 heavy (non-hydrogen) atoms. The van der Waals surface area contributed by atoms with E-state index in [2.05, 4.69) is 20.6 Å². The van der Waals surface area contributed by atoms with Crippen LogP contribution in [0.1, 0.15) is 19.8 Å². The van der Waals surface area contributed by atoms with Crippen LogP contribution >= 0.6 is 11.6 Å². The van der Waals surface area contributed by atoms with Crippen LogP contribution < -0.4 is 25.8 Å². The molecule has 9 nitrogen and oxygen atoms in total. The van der Waals surface area contributed by atoms with Crippen LogP contribution in [0.4, 0.5) is 31.9 Å². The van der Waals surface area contributed by atoms with Crippen molar-refractivity contribution < 1.29 is 18.3 Å². The van der Waals surface area contributed by atoms with Gasteiger partial charge in [0.1, 0.15) is 5.02 Å². The molecule has 2 atom stereocenters. The SMILES string of the molecule is C[C@H]1CN(c2ncc(Cl)c(Nc3ccc4c(c3)c3c(c(=O)n4C)OCC(F)(F)[C@H](C4CC4)N3)n2)CCO1. The molecule has 3 aliphatic rings. The number of fused-ring (bicyclic) bond motifs is 3. The molecule has 1 aromatic carbocycles. The second-order valence-electron chi connectivity index (χ2n) is 9.93. The number of nitrogens with one attached hydrogen (secondary N) is 2. The van der Waals surface area contributed by atoms with E-state index in [4.69, 9.17) is 21.1 Å². The summed E-state index contributed by atoms with van der Waals surface area (Å²) in [5.74, 6) is -2.42. The zero-order valence-corrected chi connectivity index (χ0v) is 21.2. The summed E-state index contributed by atoms with van der Waals surface area (Å²) in [5, 5.41) is 7.14. The Balaban J connectivity index is 1.39. The number of aryl methyl sites for hydroxylation is 1. The Labute approximate surface area is 216 Å². The van der Waals surface area contributed by atoms with Crippen LogP contribution in [0.5, 0.6) is 5.75 Å². The van der Waals surface area contributed by atoms with Crippen LogP contribution in [-0.4, -0.2) is 58.9 Å². The maximum atomic E-state index is 14.9. The molecule has 1 saturated heterocycles. The minimum Gasteiger partial charge on any atom is -0.480 e. The lowest BCUT2D eigenvalue weighted by atomic mass is 10.0. The summed E-state index contributed by atoms with van der Waals surface area (Å²) in [4.78, 5) is 24.0. The fourth-order valence-electron chi connectivity index (χ4n) is 5.02. The highest BCUT2D eigenvalue weighted by molar-refractivity contribution is 6.32. The van der Waals surface area contributed by atoms with Gasteiger partial charge in [-0.1, -0.05) is 11.6 Å². The predicted molar refractivity (Wildman–Crippen MR) is 138 cm³/mol. The minimum absolute atomic E-state index is 0.0633. The largest absolute Gasteiger partial charge is 0.480 e. The fourth-order valence-corrected chi connectivity index (χ4v) is 5.16. The Morgan fingerprint density at radius 2 is 2.11 bits per heavy atom. The summed E-state index contributed by atoms with van der Waals surface area (Å²) in [6.45, 7) is 3.07. The van der Waals surface area contributed by atoms with Crippen molar-refractivity contribution in [2.24, 2.45) is 13.0 Å². The normalized spacial score (nSPS) is 23.1. The molecule has 2 aliphatic heterocycles. The summed E-state index contributed by atoms with van der Waals surface area (Å²) >= 11 is 6.42. The number of nitrogens with zero attached hydrogens (tertiary/aromatic N) is 4. The second kappa shape index (κ2) is 8.98. The first kappa shape index (κ1) is 24.2. The molecule has 2 N–H and O–H groups in total. The summed E-state index contributed by atoms with van der Waals surface area (Å²) in [6, 6.07) is 4.23. The maximum Gasteiger partial charge on any atom is 0.301 e. The van der Waals surface area contributed by atoms with Gasteiger partial charge in [-0.25, -0.2) is 13.8 Å². The Morgan fingerprint density at radius 1 is 1.30 bits per heavy atom. The molecular formula is C25H27ClF2N6O3.